The fourth-order valence-electron chi connectivity index (χ4n) is 9.59. The Labute approximate surface area is 640 Å². The number of carbonyl (C=O) groups is 2. The quantitative estimate of drug-likeness (QED) is 0.0498. The summed E-state index contributed by atoms with van der Waals surface area (Å²) in [4.78, 5) is 55.4. The van der Waals surface area contributed by atoms with Crippen LogP contribution in [0.5, 0.6) is 46.0 Å². The minimum absolute atomic E-state index is 0.00894. The van der Waals surface area contributed by atoms with Gasteiger partial charge < -0.3 is 69.7 Å². The van der Waals surface area contributed by atoms with Crippen molar-refractivity contribution in [2.24, 2.45) is 14.1 Å². The van der Waals surface area contributed by atoms with Gasteiger partial charge in [-0.05, 0) is 138 Å². The molecule has 0 spiro atoms. The van der Waals surface area contributed by atoms with Gasteiger partial charge in [-0.3, -0.25) is 38.9 Å². The molecule has 1 amide bonds. The minimum atomic E-state index is -3.69. The number of aromatic nitrogens is 12. The van der Waals surface area contributed by atoms with Crippen molar-refractivity contribution in [1.29, 1.82) is 0 Å². The second-order valence-electron chi connectivity index (χ2n) is 23.7. The fourth-order valence-corrected chi connectivity index (χ4v) is 10.7. The summed E-state index contributed by atoms with van der Waals surface area (Å²) in [7, 11) is 2.71. The summed E-state index contributed by atoms with van der Waals surface area (Å²) in [5.74, 6) is 0.629. The first-order valence-corrected chi connectivity index (χ1v) is 33.6. The molecular weight excluding hydrogens is 1620 g/mol. The van der Waals surface area contributed by atoms with Gasteiger partial charge >= 0.3 is 32.3 Å². The minimum Gasteiger partial charge on any atom is -0.398 e. The molecule has 570 valence electrons. The molecule has 43 heteroatoms. The number of nitrogens with one attached hydrogen (secondary N) is 1. The molecule has 5 aliphatic rings. The number of anilines is 4. The van der Waals surface area contributed by atoms with Crippen LogP contribution in [0.1, 0.15) is 70.9 Å². The van der Waals surface area contributed by atoms with E-state index in [0.717, 1.165) is 16.7 Å². The van der Waals surface area contributed by atoms with Crippen LogP contribution in [0.2, 0.25) is 10.0 Å². The van der Waals surface area contributed by atoms with Crippen LogP contribution in [-0.2, 0) is 23.4 Å². The smallest absolute Gasteiger partial charge is 0.398 e. The lowest BCUT2D eigenvalue weighted by molar-refractivity contribution is -0.287. The SMILES string of the molecule is CC1(C)OB(c2cnc(N)cn2)OC1(C)C.Cc1cc2c(cc1-c1cnc(N)cn1)OC(F)(F)O2.Cc1cc2c(cc1-c1cnc(N)cn1)OC(F)(F)O2.Cc1cc2c(cc1-c1cnc(NC(=O)c3c(Cl)cnn3C)cn1)OC(F)(F)O2.Cc1cc2c(cc1Br)OC(F)(F)O2.ClCCl.Cn1ncc(Cl)c1C(=O)Cl. The number of aryl methyl sites for hydroxylation is 6. The van der Waals surface area contributed by atoms with Crippen LogP contribution >= 0.6 is 73.9 Å². The Morgan fingerprint density at radius 1 is 0.463 bits per heavy atom. The highest BCUT2D eigenvalue weighted by Crippen LogP contribution is 2.48. The van der Waals surface area contributed by atoms with Gasteiger partial charge in [-0.2, -0.15) is 10.2 Å². The van der Waals surface area contributed by atoms with Crippen molar-refractivity contribution < 1.29 is 91.9 Å². The highest BCUT2D eigenvalue weighted by Gasteiger charge is 2.53. The van der Waals surface area contributed by atoms with Gasteiger partial charge in [0.15, 0.2) is 51.8 Å². The Morgan fingerprint density at radius 3 is 1.07 bits per heavy atom. The van der Waals surface area contributed by atoms with Gasteiger partial charge in [0.25, 0.3) is 11.1 Å². The lowest BCUT2D eigenvalue weighted by atomic mass is 9.85. The van der Waals surface area contributed by atoms with Gasteiger partial charge in [0.2, 0.25) is 0 Å². The molecule has 28 nitrogen and oxygen atoms in total. The van der Waals surface area contributed by atoms with Crippen molar-refractivity contribution in [3.05, 3.63) is 159 Å². The van der Waals surface area contributed by atoms with Gasteiger partial charge in [-0.15, -0.1) is 58.3 Å². The fraction of sp³-hybridized carbons (Fsp3) is 0.262. The number of hydrogen-bond donors (Lipinski definition) is 4. The number of ether oxygens (including phenoxy) is 8. The average Bonchev–Trinajstić information content (AvgIpc) is 1.64. The summed E-state index contributed by atoms with van der Waals surface area (Å²) < 4.78 is 153. The van der Waals surface area contributed by atoms with Crippen LogP contribution in [0.15, 0.2) is 115 Å². The molecule has 6 aromatic heterocycles. The van der Waals surface area contributed by atoms with Crippen molar-refractivity contribution >= 4 is 121 Å². The maximum absolute atomic E-state index is 13.2. The second-order valence-corrected chi connectivity index (χ2v) is 26.5. The number of fused-ring (bicyclic) bond motifs is 4. The third-order valence-electron chi connectivity index (χ3n) is 15.4. The number of carbonyl (C=O) groups excluding carboxylic acids is 2. The molecule has 0 saturated carbocycles. The first kappa shape index (κ1) is 82.0. The van der Waals surface area contributed by atoms with Crippen LogP contribution in [0.25, 0.3) is 33.8 Å². The number of halogens is 14. The van der Waals surface area contributed by atoms with Gasteiger partial charge in [-0.1, -0.05) is 39.1 Å². The van der Waals surface area contributed by atoms with E-state index in [2.05, 4.69) is 109 Å². The van der Waals surface area contributed by atoms with Crippen molar-refractivity contribution in [3.8, 4) is 79.8 Å². The molecule has 0 unspecified atom stereocenters. The molecule has 108 heavy (non-hydrogen) atoms. The third-order valence-corrected chi connectivity index (χ3v) is 17.0. The van der Waals surface area contributed by atoms with Crippen LogP contribution in [0, 0.1) is 27.7 Å². The van der Waals surface area contributed by atoms with Crippen molar-refractivity contribution in [1.82, 2.24) is 59.4 Å². The standard InChI is InChI=1S/C17H12ClF2N5O3.2C12H9F2N3O2.C10H16BN3O2.C8H5BrF2O2.C5H4Cl2N2O.CH2Cl2/c1-8-3-12-13(28-17(19,20)27-12)4-9(8)11-6-22-14(7-21-11)24-16(26)15-10(18)5-23-25(15)2;2*1-6-2-9-10(19-12(13,14)18-9)3-7(6)8-4-17-11(15)5-16-8;1-9(2)10(3,4)16-11(15-9)7-5-14-8(12)6-13-7;1-4-2-6-7(3-5(4)9)13-8(10,11)12-6;1-9-4(5(7)10)3(6)2-8-9;2-1-3/h3-7H,1-2H3,(H,22,24,26);2*2-5H,1H3,(H2,15,17);5-6H,1-4H3,(H2,12,14);2-3H,1H3;2H,1H3;1H2. The predicted octanol–water partition coefficient (Wildman–Crippen LogP) is 14.4. The van der Waals surface area contributed by atoms with Crippen molar-refractivity contribution in [3.63, 3.8) is 0 Å². The monoisotopic (exact) mass is 1670 g/mol. The molecule has 0 atom stereocenters. The van der Waals surface area contributed by atoms with E-state index in [4.69, 9.17) is 84.5 Å². The zero-order chi connectivity index (χ0) is 79.3. The summed E-state index contributed by atoms with van der Waals surface area (Å²) in [6.45, 7) is 15.0. The average molecular weight is 1670 g/mol. The Kier molecular flexibility index (Phi) is 24.9. The summed E-state index contributed by atoms with van der Waals surface area (Å²) in [5.41, 5.74) is 22.9. The number of hydrogen-bond acceptors (Lipinski definition) is 25. The zero-order valence-corrected chi connectivity index (χ0v) is 62.8. The van der Waals surface area contributed by atoms with Gasteiger partial charge in [0, 0.05) is 41.5 Å². The van der Waals surface area contributed by atoms with Gasteiger partial charge in [0.1, 0.15) is 28.8 Å². The maximum atomic E-state index is 13.2. The lowest BCUT2D eigenvalue weighted by Gasteiger charge is -2.32. The Morgan fingerprint density at radius 2 is 0.778 bits per heavy atom. The number of benzene rings is 4. The summed E-state index contributed by atoms with van der Waals surface area (Å²) in [5, 5.41) is 10.3. The number of rotatable bonds is 7. The molecular formula is C65H57BBrCl5F8N16O12. The molecule has 5 aliphatic heterocycles. The number of alkyl halides is 10. The van der Waals surface area contributed by atoms with Crippen molar-refractivity contribution in [2.45, 2.75) is 91.8 Å². The Bertz CT molecular complexity index is 4760. The molecule has 10 aromatic rings. The molecule has 4 aromatic carbocycles. The van der Waals surface area contributed by atoms with Crippen LogP contribution in [0.3, 0.4) is 0 Å². The van der Waals surface area contributed by atoms with Gasteiger partial charge in [0.05, 0.1) is 105 Å². The molecule has 7 N–H and O–H groups in total. The van der Waals surface area contributed by atoms with Crippen LogP contribution in [-0.4, -0.2) is 119 Å². The molecule has 1 fully saturated rings. The Hall–Kier alpha value is -10.1. The third kappa shape index (κ3) is 20.2. The van der Waals surface area contributed by atoms with Crippen LogP contribution in [0.4, 0.5) is 58.4 Å². The highest BCUT2D eigenvalue weighted by molar-refractivity contribution is 9.10. The predicted molar refractivity (Wildman–Crippen MR) is 382 cm³/mol. The lowest BCUT2D eigenvalue weighted by Crippen LogP contribution is -2.41. The van der Waals surface area contributed by atoms with E-state index in [1.54, 1.807) is 48.0 Å². The van der Waals surface area contributed by atoms with Gasteiger partial charge in [-0.25, -0.2) is 19.9 Å². The van der Waals surface area contributed by atoms with E-state index in [9.17, 15) is 44.7 Å². The molecule has 0 radical (unpaired) electrons. The number of nitrogens with two attached hydrogens (primary N) is 3. The molecule has 0 aliphatic carbocycles. The zero-order valence-electron chi connectivity index (χ0n) is 57.5. The van der Waals surface area contributed by atoms with E-state index in [-0.39, 0.29) is 101 Å². The topological polar surface area (TPSA) is 355 Å². The molecule has 1 saturated heterocycles. The normalized spacial score (nSPS) is 15.6. The first-order chi connectivity index (χ1) is 50.5. The highest BCUT2D eigenvalue weighted by atomic mass is 79.9. The molecule has 15 rings (SSSR count). The molecule has 11 heterocycles. The number of amides is 1. The molecule has 0 bridgehead atoms. The van der Waals surface area contributed by atoms with E-state index in [1.165, 1.54) is 114 Å². The second kappa shape index (κ2) is 32.8. The maximum Gasteiger partial charge on any atom is 0.586 e. The largest absolute Gasteiger partial charge is 0.586 e. The van der Waals surface area contributed by atoms with Crippen molar-refractivity contribution in [2.75, 3.05) is 27.9 Å². The van der Waals surface area contributed by atoms with E-state index in [1.807, 2.05) is 27.7 Å². The number of nitrogens with zero attached hydrogens (tertiary/aromatic N) is 12. The van der Waals surface area contributed by atoms with E-state index in [0.29, 0.717) is 55.2 Å². The van der Waals surface area contributed by atoms with E-state index < -0.39 is 43.4 Å². The summed E-state index contributed by atoms with van der Waals surface area (Å²) >= 11 is 29.4. The summed E-state index contributed by atoms with van der Waals surface area (Å²) in [6, 6.07) is 11.7. The summed E-state index contributed by atoms with van der Waals surface area (Å²) in [6.07, 6.45) is -0.181. The number of nitrogen functional groups attached to an aromatic ring is 3. The Balaban J connectivity index is 0.000000152. The van der Waals surface area contributed by atoms with Crippen LogP contribution < -0.4 is 66.0 Å². The van der Waals surface area contributed by atoms with E-state index >= 15 is 0 Å². The first-order valence-electron chi connectivity index (χ1n) is 30.6.